The lowest BCUT2D eigenvalue weighted by atomic mass is 9.94. The van der Waals surface area contributed by atoms with Crippen LogP contribution in [-0.2, 0) is 33.3 Å². The molecule has 45 heavy (non-hydrogen) atoms. The first-order chi connectivity index (χ1) is 21.3. The molecule has 3 aliphatic heterocycles. The molecule has 4 heterocycles. The molecule has 4 rings (SSSR count). The van der Waals surface area contributed by atoms with Crippen molar-refractivity contribution in [2.24, 2.45) is 0 Å². The van der Waals surface area contributed by atoms with Crippen LogP contribution >= 0.6 is 0 Å². The topological polar surface area (TPSA) is 307 Å². The van der Waals surface area contributed by atoms with Gasteiger partial charge in [0.05, 0.1) is 19.8 Å². The zero-order chi connectivity index (χ0) is 33.2. The molecule has 1 aromatic rings. The Hall–Kier alpha value is -2.86. The van der Waals surface area contributed by atoms with Crippen molar-refractivity contribution in [2.45, 2.75) is 99.7 Å². The second-order valence-electron chi connectivity index (χ2n) is 10.9. The van der Waals surface area contributed by atoms with Crippen molar-refractivity contribution in [1.29, 1.82) is 0 Å². The van der Waals surface area contributed by atoms with Crippen LogP contribution in [0, 0.1) is 0 Å². The third-order valence-electron chi connectivity index (χ3n) is 7.67. The summed E-state index contributed by atoms with van der Waals surface area (Å²) in [6.45, 7) is -0.0142. The van der Waals surface area contributed by atoms with E-state index in [9.17, 15) is 50.1 Å². The second kappa shape index (κ2) is 14.7. The Labute approximate surface area is 255 Å². The van der Waals surface area contributed by atoms with Crippen LogP contribution in [0.15, 0.2) is 17.1 Å². The molecule has 3 fully saturated rings. The van der Waals surface area contributed by atoms with Gasteiger partial charge in [-0.25, -0.2) is 4.79 Å². The van der Waals surface area contributed by atoms with Crippen LogP contribution in [0.4, 0.5) is 5.82 Å². The third-order valence-corrected chi connectivity index (χ3v) is 7.67. The Morgan fingerprint density at radius 2 is 1.31 bits per heavy atom. The number of carbonyl (C=O) groups excluding carboxylic acids is 2. The van der Waals surface area contributed by atoms with Crippen LogP contribution in [-0.4, -0.2) is 157 Å². The predicted molar refractivity (Wildman–Crippen MR) is 144 cm³/mol. The number of rotatable bonds is 10. The Balaban J connectivity index is 1.59. The fourth-order valence-electron chi connectivity index (χ4n) is 5.52. The minimum absolute atomic E-state index is 0.0793. The fraction of sp³-hybridized carbons (Fsp3) is 0.760. The molecule has 0 bridgehead atoms. The highest BCUT2D eigenvalue weighted by molar-refractivity contribution is 5.73. The molecule has 0 aliphatic carbocycles. The van der Waals surface area contributed by atoms with Crippen molar-refractivity contribution in [3.8, 4) is 0 Å². The number of aromatic nitrogens is 2. The Kier molecular flexibility index (Phi) is 11.4. The first-order valence-corrected chi connectivity index (χ1v) is 14.0. The van der Waals surface area contributed by atoms with Gasteiger partial charge >= 0.3 is 5.69 Å². The molecular weight excluding hydrogens is 610 g/mol. The molecule has 20 heteroatoms. The average Bonchev–Trinajstić information content (AvgIpc) is 3.29. The van der Waals surface area contributed by atoms with Crippen molar-refractivity contribution in [2.75, 3.05) is 25.6 Å². The summed E-state index contributed by atoms with van der Waals surface area (Å²) in [5.74, 6) is -1.38. The summed E-state index contributed by atoms with van der Waals surface area (Å²) < 4.78 is 29.8. The smallest absolute Gasteiger partial charge is 0.351 e. The van der Waals surface area contributed by atoms with Crippen LogP contribution in [0.2, 0.25) is 0 Å². The summed E-state index contributed by atoms with van der Waals surface area (Å²) >= 11 is 0. The van der Waals surface area contributed by atoms with E-state index in [1.165, 1.54) is 12.3 Å². The molecule has 11 N–H and O–H groups in total. The third kappa shape index (κ3) is 7.42. The predicted octanol–water partition coefficient (Wildman–Crippen LogP) is -6.63. The van der Waals surface area contributed by atoms with E-state index in [0.717, 1.165) is 18.4 Å². The molecular formula is C25H39N5O15. The van der Waals surface area contributed by atoms with Crippen molar-refractivity contribution in [3.05, 3.63) is 22.7 Å². The van der Waals surface area contributed by atoms with Gasteiger partial charge in [-0.05, 0) is 6.07 Å². The monoisotopic (exact) mass is 649 g/mol. The normalized spacial score (nSPS) is 40.2. The zero-order valence-corrected chi connectivity index (χ0v) is 24.2. The molecule has 1 aromatic heterocycles. The number of nitrogen functional groups attached to an aromatic ring is 1. The molecule has 3 aliphatic rings. The molecule has 0 unspecified atom stereocenters. The van der Waals surface area contributed by atoms with Gasteiger partial charge in [-0.15, -0.1) is 0 Å². The van der Waals surface area contributed by atoms with Gasteiger partial charge in [0.2, 0.25) is 11.8 Å². The van der Waals surface area contributed by atoms with E-state index in [2.05, 4.69) is 15.6 Å². The highest BCUT2D eigenvalue weighted by Gasteiger charge is 2.54. The number of aliphatic hydroxyl groups is 7. The number of amides is 2. The minimum atomic E-state index is -1.75. The highest BCUT2D eigenvalue weighted by Crippen LogP contribution is 2.35. The summed E-state index contributed by atoms with van der Waals surface area (Å²) in [7, 11) is 0. The summed E-state index contributed by atoms with van der Waals surface area (Å²) in [5.41, 5.74) is 4.67. The number of hydrogen-bond acceptors (Lipinski definition) is 17. The van der Waals surface area contributed by atoms with Gasteiger partial charge in [-0.1, -0.05) is 0 Å². The lowest BCUT2D eigenvalue weighted by Crippen LogP contribution is -2.69. The van der Waals surface area contributed by atoms with Gasteiger partial charge in [0, 0.05) is 20.0 Å². The Morgan fingerprint density at radius 1 is 0.822 bits per heavy atom. The number of aliphatic hydroxyl groups excluding tert-OH is 7. The maximum Gasteiger partial charge on any atom is 0.351 e. The standard InChI is InChI=1S/C25H39N5O15/c1-8(34)27-14-17(37)16(36)10(5-31)42-23(14)44-20-12(7-33)43-24(15(18(20)38)28-9(2)35)45-21-11(6-32)41-22(19(21)39)30-4-3-13(26)29-25(30)40/h3-4,10-12,14-24,31-33,36-39H,5-7H2,1-2H3,(H,27,34)(H,28,35)(H2,26,29,40)/t10-,11-,12-,14-,15-,16-,17-,18-,19+,20-,21-,22-,23-,24+/m1/s1. The van der Waals surface area contributed by atoms with E-state index >= 15 is 0 Å². The van der Waals surface area contributed by atoms with E-state index in [-0.39, 0.29) is 5.82 Å². The summed E-state index contributed by atoms with van der Waals surface area (Å²) in [6, 6.07) is -1.58. The summed E-state index contributed by atoms with van der Waals surface area (Å²) in [6.07, 6.45) is -17.1. The van der Waals surface area contributed by atoms with Crippen LogP contribution in [0.3, 0.4) is 0 Å². The highest BCUT2D eigenvalue weighted by atomic mass is 16.7. The van der Waals surface area contributed by atoms with Gasteiger partial charge in [0.25, 0.3) is 0 Å². The second-order valence-corrected chi connectivity index (χ2v) is 10.9. The van der Waals surface area contributed by atoms with Gasteiger partial charge < -0.3 is 75.8 Å². The molecule has 0 aromatic carbocycles. The number of nitrogens with one attached hydrogen (secondary N) is 2. The van der Waals surface area contributed by atoms with Crippen molar-refractivity contribution < 1.29 is 69.0 Å². The quantitative estimate of drug-likeness (QED) is 0.113. The van der Waals surface area contributed by atoms with E-state index in [1.54, 1.807) is 0 Å². The molecule has 0 radical (unpaired) electrons. The maximum atomic E-state index is 12.4. The zero-order valence-electron chi connectivity index (χ0n) is 24.2. The van der Waals surface area contributed by atoms with Crippen molar-refractivity contribution in [1.82, 2.24) is 20.2 Å². The Bertz CT molecular complexity index is 1240. The molecule has 0 saturated carbocycles. The van der Waals surface area contributed by atoms with Gasteiger partial charge in [0.15, 0.2) is 18.8 Å². The summed E-state index contributed by atoms with van der Waals surface area (Å²) in [4.78, 5) is 39.9. The molecule has 3 saturated heterocycles. The van der Waals surface area contributed by atoms with E-state index in [0.29, 0.717) is 0 Å². The van der Waals surface area contributed by atoms with E-state index in [4.69, 9.17) is 29.4 Å². The SMILES string of the molecule is CC(=O)N[C@H]1[C@H](O[C@H]2[C@H](O)[C@H](n3ccc(N)nc3=O)O[C@@H]2CO)O[C@H](CO)[C@@H](O[C@H]2O[C@H](CO)[C@@H](O)[C@H](O)[C@H]2NC(C)=O)[C@@H]1O. The summed E-state index contributed by atoms with van der Waals surface area (Å²) in [5, 5.41) is 78.0. The number of nitrogens with two attached hydrogens (primary N) is 1. The van der Waals surface area contributed by atoms with E-state index < -0.39 is 123 Å². The largest absolute Gasteiger partial charge is 0.394 e. The first kappa shape index (κ1) is 35.0. The van der Waals surface area contributed by atoms with Crippen LogP contribution < -0.4 is 22.1 Å². The van der Waals surface area contributed by atoms with Crippen LogP contribution in [0.5, 0.6) is 0 Å². The number of carbonyl (C=O) groups is 2. The van der Waals surface area contributed by atoms with Gasteiger partial charge in [-0.2, -0.15) is 4.98 Å². The lowest BCUT2D eigenvalue weighted by Gasteiger charge is -2.48. The lowest BCUT2D eigenvalue weighted by molar-refractivity contribution is -0.338. The first-order valence-electron chi connectivity index (χ1n) is 14.0. The van der Waals surface area contributed by atoms with Crippen molar-refractivity contribution >= 4 is 17.6 Å². The number of hydrogen-bond donors (Lipinski definition) is 10. The molecule has 254 valence electrons. The maximum absolute atomic E-state index is 12.4. The van der Waals surface area contributed by atoms with Crippen LogP contribution in [0.25, 0.3) is 0 Å². The number of anilines is 1. The van der Waals surface area contributed by atoms with E-state index in [1.807, 2.05) is 0 Å². The number of ether oxygens (including phenoxy) is 5. The molecule has 14 atom stereocenters. The molecule has 0 spiro atoms. The molecule has 20 nitrogen and oxygen atoms in total. The fourth-order valence-corrected chi connectivity index (χ4v) is 5.52. The van der Waals surface area contributed by atoms with Crippen LogP contribution in [0.1, 0.15) is 20.1 Å². The van der Waals surface area contributed by atoms with Crippen molar-refractivity contribution in [3.63, 3.8) is 0 Å². The number of nitrogens with zero attached hydrogens (tertiary/aromatic N) is 2. The molecule has 2 amide bonds. The van der Waals surface area contributed by atoms with Gasteiger partial charge in [-0.3, -0.25) is 14.2 Å². The average molecular weight is 650 g/mol. The Morgan fingerprint density at radius 3 is 1.82 bits per heavy atom. The van der Waals surface area contributed by atoms with Gasteiger partial charge in [0.1, 0.15) is 72.8 Å². The minimum Gasteiger partial charge on any atom is -0.394 e.